The molecule has 0 radical (unpaired) electrons. The standard InChI is InChI=1S/C31H47N2O8/c1-4-5-8-11-24(34)17-15-23-16-18-28(35)25(23)12-9-6-7-10-13-30(36)32-26(31(37)41-3)20-22-14-19-29(40-2)27(21-22)33(38)39/h14-15,17,19,21,23-26,34,38H,4-13,16,18,20H2,1-3H3,(H,32,36)/q-1. The smallest absolute Gasteiger partial charge is 0.328 e. The van der Waals surface area contributed by atoms with E-state index >= 15 is 0 Å². The number of amides is 1. The molecule has 4 atom stereocenters. The number of benzene rings is 1. The SMILES string of the molecule is CCCCCC(O)C=CC1CCC(=O)C1CCCCCCC(=O)NC(Cc1ccc(OC)c(N([O-])O)c1)C(=O)OC. The largest absolute Gasteiger partial charge is 0.733 e. The lowest BCUT2D eigenvalue weighted by atomic mass is 9.89. The molecule has 4 unspecified atom stereocenters. The molecule has 1 aromatic carbocycles. The number of hydrogen-bond donors (Lipinski definition) is 3. The number of nitrogens with one attached hydrogen (secondary N) is 1. The second-order valence-electron chi connectivity index (χ2n) is 10.8. The minimum absolute atomic E-state index is 0.0104. The van der Waals surface area contributed by atoms with Gasteiger partial charge in [-0.15, -0.1) is 0 Å². The molecular formula is C31H47N2O8-. The number of aliphatic hydroxyl groups excluding tert-OH is 1. The number of allylic oxidation sites excluding steroid dienone is 1. The van der Waals surface area contributed by atoms with Gasteiger partial charge in [0, 0.05) is 25.2 Å². The lowest BCUT2D eigenvalue weighted by Crippen LogP contribution is -2.43. The summed E-state index contributed by atoms with van der Waals surface area (Å²) in [6.45, 7) is 2.14. The lowest BCUT2D eigenvalue weighted by molar-refractivity contribution is -0.145. The first-order valence-electron chi connectivity index (χ1n) is 14.8. The van der Waals surface area contributed by atoms with E-state index in [1.807, 2.05) is 12.2 Å². The molecule has 1 saturated carbocycles. The molecule has 10 heteroatoms. The van der Waals surface area contributed by atoms with Crippen molar-refractivity contribution in [3.8, 4) is 5.75 Å². The van der Waals surface area contributed by atoms with Crippen molar-refractivity contribution in [3.05, 3.63) is 41.1 Å². The Labute approximate surface area is 243 Å². The Morgan fingerprint density at radius 2 is 1.93 bits per heavy atom. The summed E-state index contributed by atoms with van der Waals surface area (Å²) in [5.41, 5.74) is 0.425. The average molecular weight is 576 g/mol. The normalized spacial score (nSPS) is 18.3. The Bertz CT molecular complexity index is 996. The van der Waals surface area contributed by atoms with Crippen LogP contribution in [0.25, 0.3) is 0 Å². The number of esters is 1. The summed E-state index contributed by atoms with van der Waals surface area (Å²) < 4.78 is 9.89. The molecule has 0 heterocycles. The number of carbonyl (C=O) groups is 3. The van der Waals surface area contributed by atoms with Gasteiger partial charge in [0.15, 0.2) is 0 Å². The molecule has 1 aliphatic rings. The highest BCUT2D eigenvalue weighted by atomic mass is 16.8. The number of carbonyl (C=O) groups excluding carboxylic acids is 3. The van der Waals surface area contributed by atoms with Crippen LogP contribution >= 0.6 is 0 Å². The first-order chi connectivity index (χ1) is 19.7. The van der Waals surface area contributed by atoms with Gasteiger partial charge in [0.05, 0.1) is 26.0 Å². The van der Waals surface area contributed by atoms with Crippen LogP contribution < -0.4 is 15.3 Å². The van der Waals surface area contributed by atoms with Crippen molar-refractivity contribution in [3.63, 3.8) is 0 Å². The zero-order valence-corrected chi connectivity index (χ0v) is 24.7. The molecule has 1 amide bonds. The molecule has 10 nitrogen and oxygen atoms in total. The number of Topliss-reactive ketones (excluding diaryl/α,β-unsaturated/α-hetero) is 1. The van der Waals surface area contributed by atoms with Crippen molar-refractivity contribution in [1.82, 2.24) is 5.32 Å². The molecule has 3 N–H and O–H groups in total. The number of anilines is 1. The van der Waals surface area contributed by atoms with Crippen LogP contribution in [0.2, 0.25) is 0 Å². The highest BCUT2D eigenvalue weighted by Gasteiger charge is 2.32. The van der Waals surface area contributed by atoms with E-state index in [2.05, 4.69) is 12.2 Å². The molecule has 41 heavy (non-hydrogen) atoms. The molecule has 1 aromatic rings. The Balaban J connectivity index is 1.76. The Morgan fingerprint density at radius 1 is 1.17 bits per heavy atom. The van der Waals surface area contributed by atoms with Gasteiger partial charge in [0.25, 0.3) is 0 Å². The van der Waals surface area contributed by atoms with Gasteiger partial charge < -0.3 is 30.3 Å². The van der Waals surface area contributed by atoms with E-state index in [1.54, 1.807) is 6.07 Å². The highest BCUT2D eigenvalue weighted by Crippen LogP contribution is 2.34. The average Bonchev–Trinajstić information content (AvgIpc) is 3.31. The van der Waals surface area contributed by atoms with Crippen LogP contribution in [0.4, 0.5) is 5.69 Å². The number of aliphatic hydroxyl groups is 1. The lowest BCUT2D eigenvalue weighted by Gasteiger charge is -2.25. The number of nitrogens with zero attached hydrogens (tertiary/aromatic N) is 1. The Morgan fingerprint density at radius 3 is 2.61 bits per heavy atom. The highest BCUT2D eigenvalue weighted by molar-refractivity contribution is 5.85. The van der Waals surface area contributed by atoms with Crippen molar-refractivity contribution < 1.29 is 34.2 Å². The van der Waals surface area contributed by atoms with Crippen molar-refractivity contribution >= 4 is 23.3 Å². The number of methoxy groups -OCH3 is 2. The van der Waals surface area contributed by atoms with Crippen molar-refractivity contribution in [2.24, 2.45) is 11.8 Å². The summed E-state index contributed by atoms with van der Waals surface area (Å²) in [5, 5.41) is 33.3. The molecule has 1 fully saturated rings. The second-order valence-corrected chi connectivity index (χ2v) is 10.8. The first-order valence-corrected chi connectivity index (χ1v) is 14.8. The quantitative estimate of drug-likeness (QED) is 0.0894. The molecule has 230 valence electrons. The predicted molar refractivity (Wildman–Crippen MR) is 156 cm³/mol. The third kappa shape index (κ3) is 11.8. The maximum absolute atomic E-state index is 12.6. The summed E-state index contributed by atoms with van der Waals surface area (Å²) in [5.74, 6) is -0.214. The number of ketones is 1. The van der Waals surface area contributed by atoms with E-state index in [0.29, 0.717) is 24.2 Å². The molecule has 2 rings (SSSR count). The van der Waals surface area contributed by atoms with Crippen LogP contribution in [0.5, 0.6) is 5.75 Å². The minimum Gasteiger partial charge on any atom is -0.733 e. The van der Waals surface area contributed by atoms with E-state index in [-0.39, 0.29) is 47.2 Å². The van der Waals surface area contributed by atoms with E-state index < -0.39 is 18.1 Å². The van der Waals surface area contributed by atoms with E-state index in [1.165, 1.54) is 26.4 Å². The number of hydrogen-bond acceptors (Lipinski definition) is 9. The van der Waals surface area contributed by atoms with Crippen LogP contribution in [0.1, 0.15) is 89.5 Å². The minimum atomic E-state index is -0.948. The monoisotopic (exact) mass is 575 g/mol. The topological polar surface area (TPSA) is 148 Å². The van der Waals surface area contributed by atoms with Gasteiger partial charge in [-0.3, -0.25) is 14.8 Å². The number of unbranched alkanes of at least 4 members (excludes halogenated alkanes) is 5. The van der Waals surface area contributed by atoms with Crippen molar-refractivity contribution in [2.75, 3.05) is 19.4 Å². The Hall–Kier alpha value is -2.95. The maximum Gasteiger partial charge on any atom is 0.328 e. The zero-order valence-electron chi connectivity index (χ0n) is 24.7. The van der Waals surface area contributed by atoms with E-state index in [0.717, 1.165) is 57.8 Å². The third-order valence-electron chi connectivity index (χ3n) is 7.72. The van der Waals surface area contributed by atoms with Crippen molar-refractivity contribution in [1.29, 1.82) is 0 Å². The summed E-state index contributed by atoms with van der Waals surface area (Å²) >= 11 is 0. The van der Waals surface area contributed by atoms with Gasteiger partial charge in [0.2, 0.25) is 5.91 Å². The molecular weight excluding hydrogens is 528 g/mol. The van der Waals surface area contributed by atoms with Gasteiger partial charge in [-0.05, 0) is 49.3 Å². The van der Waals surface area contributed by atoms with E-state index in [4.69, 9.17) is 9.47 Å². The molecule has 0 aliphatic heterocycles. The van der Waals surface area contributed by atoms with Crippen LogP contribution in [0.15, 0.2) is 30.4 Å². The fourth-order valence-electron chi connectivity index (χ4n) is 5.36. The number of rotatable bonds is 19. The van der Waals surface area contributed by atoms with Gasteiger partial charge in [-0.25, -0.2) is 4.79 Å². The summed E-state index contributed by atoms with van der Waals surface area (Å²) in [7, 11) is 2.60. The van der Waals surface area contributed by atoms with Crippen molar-refractivity contribution in [2.45, 2.75) is 103 Å². The summed E-state index contributed by atoms with van der Waals surface area (Å²) in [6, 6.07) is 3.58. The van der Waals surface area contributed by atoms with Crippen LogP contribution in [-0.2, 0) is 25.5 Å². The van der Waals surface area contributed by atoms with Gasteiger partial charge in [0.1, 0.15) is 17.6 Å². The summed E-state index contributed by atoms with van der Waals surface area (Å²) in [4.78, 5) is 37.3. The van der Waals surface area contributed by atoms with Gasteiger partial charge in [-0.2, -0.15) is 0 Å². The molecule has 1 aliphatic carbocycles. The summed E-state index contributed by atoms with van der Waals surface area (Å²) in [6.07, 6.45) is 13.3. The molecule has 0 bridgehead atoms. The van der Waals surface area contributed by atoms with Crippen LogP contribution in [0, 0.1) is 17.0 Å². The fourth-order valence-corrected chi connectivity index (χ4v) is 5.36. The molecule has 0 spiro atoms. The predicted octanol–water partition coefficient (Wildman–Crippen LogP) is 5.02. The van der Waals surface area contributed by atoms with Crippen LogP contribution in [0.3, 0.4) is 0 Å². The number of ether oxygens (including phenoxy) is 2. The Kier molecular flexibility index (Phi) is 15.4. The second kappa shape index (κ2) is 18.5. The van der Waals surface area contributed by atoms with Crippen LogP contribution in [-0.4, -0.2) is 54.3 Å². The fraction of sp³-hybridized carbons (Fsp3) is 0.645. The molecule has 0 saturated heterocycles. The zero-order chi connectivity index (χ0) is 30.2. The third-order valence-corrected chi connectivity index (χ3v) is 7.72. The first kappa shape index (κ1) is 34.3. The maximum atomic E-state index is 12.6. The van der Waals surface area contributed by atoms with Gasteiger partial charge in [-0.1, -0.05) is 63.7 Å². The van der Waals surface area contributed by atoms with Gasteiger partial charge >= 0.3 is 5.97 Å². The van der Waals surface area contributed by atoms with E-state index in [9.17, 15) is 29.9 Å². The molecule has 0 aromatic heterocycles.